The van der Waals surface area contributed by atoms with Crippen LogP contribution < -0.4 is 9.80 Å². The van der Waals surface area contributed by atoms with Gasteiger partial charge in [-0.15, -0.1) is 11.3 Å². The molecule has 0 unspecified atom stereocenters. The fourth-order valence-electron chi connectivity index (χ4n) is 9.90. The first-order chi connectivity index (χ1) is 30.7. The van der Waals surface area contributed by atoms with Gasteiger partial charge >= 0.3 is 0 Å². The maximum Gasteiger partial charge on any atom is 0.0546 e. The van der Waals surface area contributed by atoms with Gasteiger partial charge in [0.25, 0.3) is 0 Å². The fourth-order valence-corrected chi connectivity index (χ4v) is 11.1. The number of fused-ring (bicyclic) bond motifs is 4. The van der Waals surface area contributed by atoms with E-state index in [1.54, 1.807) is 0 Å². The molecule has 11 rings (SSSR count). The van der Waals surface area contributed by atoms with Crippen LogP contribution in [0.25, 0.3) is 53.2 Å². The topological polar surface area (TPSA) is 6.48 Å². The summed E-state index contributed by atoms with van der Waals surface area (Å²) in [6.45, 7) is 2.23. The Morgan fingerprint density at radius 2 is 1.03 bits per heavy atom. The van der Waals surface area contributed by atoms with Gasteiger partial charge < -0.3 is 9.80 Å². The van der Waals surface area contributed by atoms with Crippen LogP contribution in [0.5, 0.6) is 0 Å². The molecule has 62 heavy (non-hydrogen) atoms. The molecule has 0 N–H and O–H groups in total. The molecule has 0 bridgehead atoms. The number of rotatable bonds is 9. The lowest BCUT2D eigenvalue weighted by Gasteiger charge is -2.31. The number of anilines is 6. The molecule has 1 aromatic heterocycles. The van der Waals surface area contributed by atoms with Crippen LogP contribution in [0.2, 0.25) is 0 Å². The van der Waals surface area contributed by atoms with Crippen molar-refractivity contribution in [3.8, 4) is 22.3 Å². The summed E-state index contributed by atoms with van der Waals surface area (Å²) in [7, 11) is 0. The number of hydrogen-bond acceptors (Lipinski definition) is 3. The second-order valence-corrected chi connectivity index (χ2v) is 17.9. The van der Waals surface area contributed by atoms with Gasteiger partial charge in [-0.1, -0.05) is 159 Å². The van der Waals surface area contributed by atoms with Gasteiger partial charge in [-0.3, -0.25) is 0 Å². The van der Waals surface area contributed by atoms with Gasteiger partial charge in [0.05, 0.1) is 5.69 Å². The predicted octanol–water partition coefficient (Wildman–Crippen LogP) is 17.8. The van der Waals surface area contributed by atoms with Gasteiger partial charge in [-0.25, -0.2) is 0 Å². The van der Waals surface area contributed by atoms with E-state index in [0.717, 1.165) is 34.1 Å². The van der Waals surface area contributed by atoms with E-state index < -0.39 is 0 Å². The lowest BCUT2D eigenvalue weighted by Crippen LogP contribution is -2.14. The van der Waals surface area contributed by atoms with Crippen LogP contribution in [-0.2, 0) is 0 Å². The normalized spacial score (nSPS) is 13.2. The lowest BCUT2D eigenvalue weighted by atomic mass is 9.84. The maximum atomic E-state index is 2.48. The first-order valence-corrected chi connectivity index (χ1v) is 22.9. The molecule has 0 aliphatic heterocycles. The molecule has 1 heterocycles. The highest BCUT2D eigenvalue weighted by atomic mass is 32.1. The summed E-state index contributed by atoms with van der Waals surface area (Å²) < 4.78 is 2.61. The standard InChI is InChI=1S/C59H48N2S/c1-41-15-13-26-56-58(41)54-37-36-52(40-57(54)62-56)61(55-38-31-46-20-11-12-25-53(46)59(55)47-21-9-4-10-22-47)51-24-14-23-50(39-51)60(48-32-27-44(28-33-48)42-16-5-2-6-17-42)49-34-29-45(30-35-49)43-18-7-3-8-19-43/h2,4-6,9-17,20-40,43H,3,7-8,18-19H2,1H3. The zero-order chi connectivity index (χ0) is 41.4. The molecule has 0 amide bonds. The smallest absolute Gasteiger partial charge is 0.0546 e. The van der Waals surface area contributed by atoms with Crippen molar-refractivity contribution in [3.05, 3.63) is 217 Å². The second kappa shape index (κ2) is 16.5. The van der Waals surface area contributed by atoms with Crippen LogP contribution >= 0.6 is 11.3 Å². The molecule has 1 saturated carbocycles. The Hall–Kier alpha value is -6.94. The summed E-state index contributed by atoms with van der Waals surface area (Å²) >= 11 is 1.88. The highest BCUT2D eigenvalue weighted by Crippen LogP contribution is 2.48. The number of hydrogen-bond donors (Lipinski definition) is 0. The van der Waals surface area contributed by atoms with Crippen LogP contribution in [0.4, 0.5) is 34.1 Å². The molecule has 3 heteroatoms. The minimum atomic E-state index is 0.649. The molecule has 1 aliphatic carbocycles. The Balaban J connectivity index is 1.10. The van der Waals surface area contributed by atoms with Crippen molar-refractivity contribution in [2.24, 2.45) is 0 Å². The van der Waals surface area contributed by atoms with Crippen molar-refractivity contribution in [3.63, 3.8) is 0 Å². The van der Waals surface area contributed by atoms with E-state index in [1.165, 1.54) is 96.4 Å². The molecule has 0 atom stereocenters. The van der Waals surface area contributed by atoms with E-state index in [9.17, 15) is 0 Å². The second-order valence-electron chi connectivity index (χ2n) is 16.8. The van der Waals surface area contributed by atoms with Crippen molar-refractivity contribution in [1.82, 2.24) is 0 Å². The molecule has 0 saturated heterocycles. The molecular formula is C59H48N2S. The van der Waals surface area contributed by atoms with E-state index >= 15 is 0 Å². The Kier molecular flexibility index (Phi) is 10.1. The first-order valence-electron chi connectivity index (χ1n) is 22.1. The fraction of sp³-hybridized carbons (Fsp3) is 0.119. The van der Waals surface area contributed by atoms with Crippen molar-refractivity contribution in [1.29, 1.82) is 0 Å². The summed E-state index contributed by atoms with van der Waals surface area (Å²) in [4.78, 5) is 4.91. The summed E-state index contributed by atoms with van der Waals surface area (Å²) in [6, 6.07) is 76.3. The van der Waals surface area contributed by atoms with Gasteiger partial charge in [0, 0.05) is 54.2 Å². The molecular weight excluding hydrogens is 769 g/mol. The van der Waals surface area contributed by atoms with E-state index in [2.05, 4.69) is 223 Å². The van der Waals surface area contributed by atoms with Gasteiger partial charge in [0.15, 0.2) is 0 Å². The van der Waals surface area contributed by atoms with Crippen LogP contribution in [0, 0.1) is 6.92 Å². The van der Waals surface area contributed by atoms with Crippen molar-refractivity contribution in [2.45, 2.75) is 44.9 Å². The third-order valence-corrected chi connectivity index (χ3v) is 14.1. The Bertz CT molecular complexity index is 3160. The van der Waals surface area contributed by atoms with Crippen LogP contribution in [0.15, 0.2) is 206 Å². The molecule has 300 valence electrons. The number of benzene rings is 9. The van der Waals surface area contributed by atoms with Crippen LogP contribution in [0.1, 0.15) is 49.1 Å². The largest absolute Gasteiger partial charge is 0.310 e. The van der Waals surface area contributed by atoms with Gasteiger partial charge in [0.2, 0.25) is 0 Å². The highest BCUT2D eigenvalue weighted by molar-refractivity contribution is 7.25. The molecule has 1 fully saturated rings. The molecule has 1 aliphatic rings. The highest BCUT2D eigenvalue weighted by Gasteiger charge is 2.23. The number of nitrogens with zero attached hydrogens (tertiary/aromatic N) is 2. The van der Waals surface area contributed by atoms with Crippen LogP contribution in [0.3, 0.4) is 0 Å². The minimum Gasteiger partial charge on any atom is -0.310 e. The third-order valence-electron chi connectivity index (χ3n) is 13.0. The molecule has 0 spiro atoms. The number of thiophene rings is 1. The average Bonchev–Trinajstić information content (AvgIpc) is 3.72. The zero-order valence-electron chi connectivity index (χ0n) is 35.0. The quantitative estimate of drug-likeness (QED) is 0.143. The van der Waals surface area contributed by atoms with Gasteiger partial charge in [-0.05, 0) is 131 Å². The van der Waals surface area contributed by atoms with E-state index in [4.69, 9.17) is 0 Å². The van der Waals surface area contributed by atoms with Gasteiger partial charge in [0.1, 0.15) is 0 Å². The Morgan fingerprint density at radius 1 is 0.419 bits per heavy atom. The van der Waals surface area contributed by atoms with Gasteiger partial charge in [-0.2, -0.15) is 0 Å². The summed E-state index contributed by atoms with van der Waals surface area (Å²) in [5, 5.41) is 5.12. The maximum absolute atomic E-state index is 2.48. The van der Waals surface area contributed by atoms with E-state index in [1.807, 2.05) is 11.3 Å². The number of aryl methyl sites for hydroxylation is 1. The predicted molar refractivity (Wildman–Crippen MR) is 268 cm³/mol. The lowest BCUT2D eigenvalue weighted by molar-refractivity contribution is 0.443. The zero-order valence-corrected chi connectivity index (χ0v) is 35.9. The molecule has 0 radical (unpaired) electrons. The van der Waals surface area contributed by atoms with E-state index in [0.29, 0.717) is 5.92 Å². The first kappa shape index (κ1) is 38.0. The summed E-state index contributed by atoms with van der Waals surface area (Å²) in [5.74, 6) is 0.649. The van der Waals surface area contributed by atoms with Crippen molar-refractivity contribution in [2.75, 3.05) is 9.80 Å². The SMILES string of the molecule is Cc1cccc2sc3cc(N(c4cccc(N(c5ccc(-c6ccccc6)cc5)c5ccc(C6CCCCC6)cc5)c4)c4ccc5ccccc5c4-c4ccccc4)ccc3c12. The Morgan fingerprint density at radius 3 is 1.79 bits per heavy atom. The average molecular weight is 817 g/mol. The molecule has 9 aromatic carbocycles. The van der Waals surface area contributed by atoms with Crippen molar-refractivity contribution < 1.29 is 0 Å². The van der Waals surface area contributed by atoms with E-state index in [-0.39, 0.29) is 0 Å². The molecule has 2 nitrogen and oxygen atoms in total. The monoisotopic (exact) mass is 816 g/mol. The van der Waals surface area contributed by atoms with Crippen LogP contribution in [-0.4, -0.2) is 0 Å². The molecule has 10 aromatic rings. The third kappa shape index (κ3) is 7.13. The summed E-state index contributed by atoms with van der Waals surface area (Å²) in [6.07, 6.45) is 6.59. The van der Waals surface area contributed by atoms with Crippen molar-refractivity contribution >= 4 is 76.4 Å². The minimum absolute atomic E-state index is 0.649. The summed E-state index contributed by atoms with van der Waals surface area (Å²) in [5.41, 5.74) is 14.3. The Labute approximate surface area is 369 Å².